The molecule has 2 heterocycles. The largest absolute Gasteiger partial charge is 0.391 e. The molecule has 0 radical (unpaired) electrons. The number of carbonyl (C=O) groups is 3. The molecule has 1 saturated heterocycles. The van der Waals surface area contributed by atoms with Crippen LogP contribution in [0.25, 0.3) is 0 Å². The van der Waals surface area contributed by atoms with Gasteiger partial charge in [-0.2, -0.15) is 0 Å². The van der Waals surface area contributed by atoms with E-state index in [-0.39, 0.29) is 18.2 Å². The molecule has 0 bridgehead atoms. The van der Waals surface area contributed by atoms with E-state index in [0.29, 0.717) is 13.0 Å². The maximum atomic E-state index is 12.5. The fourth-order valence-corrected chi connectivity index (χ4v) is 3.43. The van der Waals surface area contributed by atoms with Crippen LogP contribution in [0.15, 0.2) is 4.99 Å². The van der Waals surface area contributed by atoms with Crippen LogP contribution in [0.2, 0.25) is 0 Å². The van der Waals surface area contributed by atoms with Crippen molar-refractivity contribution in [2.45, 2.75) is 57.0 Å². The Balaban J connectivity index is 2.12. The predicted molar refractivity (Wildman–Crippen MR) is 85.1 cm³/mol. The van der Waals surface area contributed by atoms with Crippen molar-refractivity contribution in [2.24, 2.45) is 10.7 Å². The highest BCUT2D eigenvalue weighted by Gasteiger charge is 2.56. The fraction of sp³-hybridized carbons (Fsp3) is 0.733. The summed E-state index contributed by atoms with van der Waals surface area (Å²) in [4.78, 5) is 42.7. The second-order valence-electron chi connectivity index (χ2n) is 6.58. The first-order valence-corrected chi connectivity index (χ1v) is 7.89. The lowest BCUT2D eigenvalue weighted by Crippen LogP contribution is -2.72. The monoisotopic (exact) mass is 340 g/mol. The number of aliphatic hydroxyl groups excluding tert-OH is 2. The summed E-state index contributed by atoms with van der Waals surface area (Å²) in [5, 5.41) is 19.4. The van der Waals surface area contributed by atoms with Gasteiger partial charge in [0.2, 0.25) is 5.91 Å². The Bertz CT molecular complexity index is 576. The molecule has 134 valence electrons. The third-order valence-electron chi connectivity index (χ3n) is 4.64. The van der Waals surface area contributed by atoms with E-state index in [0.717, 1.165) is 0 Å². The third kappa shape index (κ3) is 3.01. The van der Waals surface area contributed by atoms with Gasteiger partial charge in [0.15, 0.2) is 11.3 Å². The van der Waals surface area contributed by atoms with E-state index in [1.807, 2.05) is 0 Å². The van der Waals surface area contributed by atoms with Crippen molar-refractivity contribution in [1.82, 2.24) is 9.80 Å². The number of nitrogens with two attached hydrogens (primary N) is 1. The zero-order valence-electron chi connectivity index (χ0n) is 14.0. The number of Topliss-reactive ketones (excluding diaryl/α,β-unsaturated/α-hetero) is 1. The van der Waals surface area contributed by atoms with Gasteiger partial charge in [-0.3, -0.25) is 19.4 Å². The quantitative estimate of drug-likeness (QED) is 0.473. The Morgan fingerprint density at radius 1 is 1.29 bits per heavy atom. The Labute approximate surface area is 140 Å². The summed E-state index contributed by atoms with van der Waals surface area (Å²) in [5.41, 5.74) is 4.34. The predicted octanol–water partition coefficient (Wildman–Crippen LogP) is -2.13. The highest BCUT2D eigenvalue weighted by molar-refractivity contribution is 5.98. The van der Waals surface area contributed by atoms with E-state index in [1.165, 1.54) is 36.9 Å². The molecule has 9 nitrogen and oxygen atoms in total. The second-order valence-corrected chi connectivity index (χ2v) is 6.58. The van der Waals surface area contributed by atoms with Gasteiger partial charge in [-0.1, -0.05) is 0 Å². The van der Waals surface area contributed by atoms with Crippen LogP contribution in [0.5, 0.6) is 0 Å². The number of aliphatic imine (C=N–C) groups is 1. The minimum Gasteiger partial charge on any atom is -0.391 e. The Hall–Kier alpha value is -2.00. The zero-order chi connectivity index (χ0) is 18.2. The van der Waals surface area contributed by atoms with Crippen molar-refractivity contribution >= 4 is 23.9 Å². The van der Waals surface area contributed by atoms with E-state index < -0.39 is 35.7 Å². The minimum absolute atomic E-state index is 0.237. The van der Waals surface area contributed by atoms with Gasteiger partial charge in [0.05, 0.1) is 25.1 Å². The lowest BCUT2D eigenvalue weighted by Gasteiger charge is -2.52. The summed E-state index contributed by atoms with van der Waals surface area (Å²) in [5.74, 6) is -1.26. The summed E-state index contributed by atoms with van der Waals surface area (Å²) in [6.45, 7) is 4.84. The Morgan fingerprint density at radius 3 is 2.21 bits per heavy atom. The molecule has 0 saturated carbocycles. The molecule has 0 aliphatic carbocycles. The van der Waals surface area contributed by atoms with E-state index in [4.69, 9.17) is 5.73 Å². The van der Waals surface area contributed by atoms with Gasteiger partial charge in [0.25, 0.3) is 5.91 Å². The van der Waals surface area contributed by atoms with Gasteiger partial charge in [0, 0.05) is 13.0 Å². The zero-order valence-corrected chi connectivity index (χ0v) is 14.0. The van der Waals surface area contributed by atoms with Gasteiger partial charge in [-0.15, -0.1) is 0 Å². The first-order valence-electron chi connectivity index (χ1n) is 7.89. The van der Waals surface area contributed by atoms with Crippen LogP contribution in [-0.2, 0) is 14.4 Å². The number of hydrogen-bond acceptors (Lipinski definition) is 7. The molecule has 4 N–H and O–H groups in total. The maximum absolute atomic E-state index is 12.5. The van der Waals surface area contributed by atoms with Crippen molar-refractivity contribution < 1.29 is 24.6 Å². The van der Waals surface area contributed by atoms with Crippen molar-refractivity contribution in [2.75, 3.05) is 13.1 Å². The molecular weight excluding hydrogens is 316 g/mol. The number of rotatable bonds is 6. The normalized spacial score (nSPS) is 28.3. The summed E-state index contributed by atoms with van der Waals surface area (Å²) in [6, 6.07) is -1.77. The highest BCUT2D eigenvalue weighted by atomic mass is 16.3. The van der Waals surface area contributed by atoms with Gasteiger partial charge in [0.1, 0.15) is 12.1 Å². The molecule has 2 aliphatic heterocycles. The lowest BCUT2D eigenvalue weighted by atomic mass is 9.82. The van der Waals surface area contributed by atoms with E-state index in [1.54, 1.807) is 0 Å². The standard InChI is InChI=1S/C15H24N4O5/c1-8(20)11(9(2)21)19-6-15(14(19)24)4-5-18(7-17-15)12(10(3)22)13(16)23/h7-8,10-12,20,22H,4-6H2,1-3H3,(H2,16,23)/t8-,10-,11+,12+,15?/m1/s1. The minimum atomic E-state index is -0.964. The molecule has 1 fully saturated rings. The van der Waals surface area contributed by atoms with Crippen LogP contribution in [0.3, 0.4) is 0 Å². The number of ketones is 1. The lowest BCUT2D eigenvalue weighted by molar-refractivity contribution is -0.162. The van der Waals surface area contributed by atoms with E-state index >= 15 is 0 Å². The average Bonchev–Trinajstić information content (AvgIpc) is 2.46. The van der Waals surface area contributed by atoms with Crippen LogP contribution >= 0.6 is 0 Å². The molecule has 24 heavy (non-hydrogen) atoms. The van der Waals surface area contributed by atoms with E-state index in [9.17, 15) is 24.6 Å². The molecule has 1 unspecified atom stereocenters. The average molecular weight is 340 g/mol. The molecule has 0 aromatic heterocycles. The van der Waals surface area contributed by atoms with E-state index in [2.05, 4.69) is 4.99 Å². The van der Waals surface area contributed by atoms with Crippen LogP contribution < -0.4 is 5.73 Å². The Morgan fingerprint density at radius 2 is 1.88 bits per heavy atom. The van der Waals surface area contributed by atoms with Gasteiger partial charge in [-0.25, -0.2) is 0 Å². The number of amides is 2. The van der Waals surface area contributed by atoms with Crippen molar-refractivity contribution in [1.29, 1.82) is 0 Å². The van der Waals surface area contributed by atoms with Gasteiger partial charge in [-0.05, 0) is 20.8 Å². The number of hydrogen-bond donors (Lipinski definition) is 3. The topological polar surface area (TPSA) is 137 Å². The molecule has 2 amide bonds. The second kappa shape index (κ2) is 6.48. The first kappa shape index (κ1) is 18.3. The molecule has 0 aromatic rings. The third-order valence-corrected chi connectivity index (χ3v) is 4.64. The maximum Gasteiger partial charge on any atom is 0.253 e. The van der Waals surface area contributed by atoms with Crippen molar-refractivity contribution in [3.63, 3.8) is 0 Å². The number of nitrogens with zero attached hydrogens (tertiary/aromatic N) is 3. The number of β-lactam (4-membered cyclic amide) rings is 1. The molecule has 9 heteroatoms. The molecule has 2 rings (SSSR count). The van der Waals surface area contributed by atoms with Crippen molar-refractivity contribution in [3.05, 3.63) is 0 Å². The summed E-state index contributed by atoms with van der Waals surface area (Å²) < 4.78 is 0. The number of primary amides is 1. The first-order chi connectivity index (χ1) is 11.1. The summed E-state index contributed by atoms with van der Waals surface area (Å²) in [6.07, 6.45) is -0.206. The van der Waals surface area contributed by atoms with Crippen LogP contribution in [0.4, 0.5) is 0 Å². The van der Waals surface area contributed by atoms with Crippen LogP contribution in [0.1, 0.15) is 27.2 Å². The van der Waals surface area contributed by atoms with Crippen LogP contribution in [0, 0.1) is 0 Å². The SMILES string of the molecule is CC(=O)[C@H]([C@@H](C)O)N1CC2(CCN([C@H](C(N)=O)[C@@H](C)O)C=N2)C1=O. The molecule has 2 aliphatic rings. The molecule has 5 atom stereocenters. The fourth-order valence-electron chi connectivity index (χ4n) is 3.43. The number of likely N-dealkylation sites (tertiary alicyclic amines) is 1. The van der Waals surface area contributed by atoms with Crippen LogP contribution in [-0.4, -0.2) is 86.9 Å². The Kier molecular flexibility index (Phi) is 4.95. The molecule has 1 spiro atoms. The summed E-state index contributed by atoms with van der Waals surface area (Å²) in [7, 11) is 0. The molecule has 0 aromatic carbocycles. The van der Waals surface area contributed by atoms with Gasteiger partial charge < -0.3 is 25.7 Å². The summed E-state index contributed by atoms with van der Waals surface area (Å²) >= 11 is 0. The van der Waals surface area contributed by atoms with Gasteiger partial charge >= 0.3 is 0 Å². The molecular formula is C15H24N4O5. The van der Waals surface area contributed by atoms with Crippen molar-refractivity contribution in [3.8, 4) is 0 Å². The highest BCUT2D eigenvalue weighted by Crippen LogP contribution is 2.35. The number of carbonyl (C=O) groups excluding carboxylic acids is 3. The number of aliphatic hydroxyl groups is 2. The smallest absolute Gasteiger partial charge is 0.253 e.